The first-order valence-corrected chi connectivity index (χ1v) is 9.77. The summed E-state index contributed by atoms with van der Waals surface area (Å²) in [6, 6.07) is 18.5. The van der Waals surface area contributed by atoms with E-state index in [1.165, 1.54) is 6.26 Å². The number of carbonyl (C=O) groups is 2. The second-order valence-corrected chi connectivity index (χ2v) is 7.03. The first kappa shape index (κ1) is 18.8. The highest BCUT2D eigenvalue weighted by molar-refractivity contribution is 6.05. The molecule has 6 nitrogen and oxygen atoms in total. The molecule has 4 rings (SSSR count). The van der Waals surface area contributed by atoms with E-state index in [4.69, 9.17) is 4.42 Å². The number of carbonyl (C=O) groups excluding carboxylic acids is 2. The van der Waals surface area contributed by atoms with Crippen molar-refractivity contribution < 1.29 is 14.0 Å². The molecule has 1 fully saturated rings. The highest BCUT2D eigenvalue weighted by Gasteiger charge is 2.21. The van der Waals surface area contributed by atoms with Crippen LogP contribution < -0.4 is 15.5 Å². The fraction of sp³-hybridized carbons (Fsp3) is 0.217. The molecule has 0 saturated carbocycles. The summed E-state index contributed by atoms with van der Waals surface area (Å²) in [5, 5.41) is 5.79. The molecular formula is C23H23N3O3. The Bertz CT molecular complexity index is 978. The topological polar surface area (TPSA) is 74.6 Å². The molecule has 1 aliphatic rings. The summed E-state index contributed by atoms with van der Waals surface area (Å²) in [5.74, 6) is -0.284. The number of amides is 2. The first-order valence-electron chi connectivity index (χ1n) is 9.77. The molecule has 3 aromatic rings. The van der Waals surface area contributed by atoms with E-state index in [1.54, 1.807) is 18.2 Å². The van der Waals surface area contributed by atoms with Crippen LogP contribution in [0.3, 0.4) is 0 Å². The van der Waals surface area contributed by atoms with Gasteiger partial charge in [0.1, 0.15) is 0 Å². The monoisotopic (exact) mass is 389 g/mol. The molecule has 29 heavy (non-hydrogen) atoms. The average molecular weight is 389 g/mol. The Morgan fingerprint density at radius 3 is 2.45 bits per heavy atom. The van der Waals surface area contributed by atoms with Crippen molar-refractivity contribution >= 4 is 23.2 Å². The van der Waals surface area contributed by atoms with E-state index in [-0.39, 0.29) is 17.6 Å². The molecule has 1 aromatic heterocycles. The Balaban J connectivity index is 1.56. The van der Waals surface area contributed by atoms with Crippen LogP contribution in [0.15, 0.2) is 71.3 Å². The van der Waals surface area contributed by atoms with E-state index in [1.807, 2.05) is 42.5 Å². The number of hydrogen-bond acceptors (Lipinski definition) is 4. The summed E-state index contributed by atoms with van der Waals surface area (Å²) >= 11 is 0. The lowest BCUT2D eigenvalue weighted by molar-refractivity contribution is 0.0949. The molecule has 2 heterocycles. The zero-order valence-corrected chi connectivity index (χ0v) is 16.1. The molecule has 0 bridgehead atoms. The molecule has 148 valence electrons. The summed E-state index contributed by atoms with van der Waals surface area (Å²) in [6.07, 6.45) is 3.68. The number of furan rings is 1. The SMILES string of the molecule is O=C(Nc1ccc(N2CCCC2)c(C(=O)NCc2ccccc2)c1)c1ccco1. The number of hydrogen-bond donors (Lipinski definition) is 2. The van der Waals surface area contributed by atoms with Gasteiger partial charge in [-0.05, 0) is 48.7 Å². The molecule has 1 saturated heterocycles. The van der Waals surface area contributed by atoms with Crippen molar-refractivity contribution in [2.75, 3.05) is 23.3 Å². The minimum atomic E-state index is -0.348. The maximum absolute atomic E-state index is 13.0. The van der Waals surface area contributed by atoms with Gasteiger partial charge in [-0.1, -0.05) is 30.3 Å². The van der Waals surface area contributed by atoms with Gasteiger partial charge in [-0.2, -0.15) is 0 Å². The maximum atomic E-state index is 13.0. The van der Waals surface area contributed by atoms with Gasteiger partial charge in [0, 0.05) is 31.0 Å². The summed E-state index contributed by atoms with van der Waals surface area (Å²) in [4.78, 5) is 27.5. The molecule has 0 unspecified atom stereocenters. The highest BCUT2D eigenvalue weighted by Crippen LogP contribution is 2.28. The average Bonchev–Trinajstić information content (AvgIpc) is 3.47. The van der Waals surface area contributed by atoms with Crippen LogP contribution in [-0.4, -0.2) is 24.9 Å². The van der Waals surface area contributed by atoms with Gasteiger partial charge in [0.15, 0.2) is 5.76 Å². The standard InChI is InChI=1S/C23H23N3O3/c27-22(24-16-17-7-2-1-3-8-17)19-15-18(25-23(28)21-9-6-14-29-21)10-11-20(19)26-12-4-5-13-26/h1-3,6-11,14-15H,4-5,12-13,16H2,(H,24,27)(H,25,28). The van der Waals surface area contributed by atoms with Gasteiger partial charge in [0.05, 0.1) is 11.8 Å². The third kappa shape index (κ3) is 4.48. The second-order valence-electron chi connectivity index (χ2n) is 7.03. The zero-order chi connectivity index (χ0) is 20.1. The van der Waals surface area contributed by atoms with E-state index in [0.717, 1.165) is 37.2 Å². The van der Waals surface area contributed by atoms with Gasteiger partial charge in [-0.15, -0.1) is 0 Å². The lowest BCUT2D eigenvalue weighted by atomic mass is 10.1. The molecule has 0 aliphatic carbocycles. The van der Waals surface area contributed by atoms with Crippen LogP contribution in [0, 0.1) is 0 Å². The Morgan fingerprint density at radius 2 is 1.72 bits per heavy atom. The van der Waals surface area contributed by atoms with Gasteiger partial charge in [-0.25, -0.2) is 0 Å². The molecule has 1 aliphatic heterocycles. The summed E-state index contributed by atoms with van der Waals surface area (Å²) in [7, 11) is 0. The molecular weight excluding hydrogens is 366 g/mol. The molecule has 0 radical (unpaired) electrons. The lowest BCUT2D eigenvalue weighted by Crippen LogP contribution is -2.27. The normalized spacial score (nSPS) is 13.3. The van der Waals surface area contributed by atoms with Gasteiger partial charge in [0.2, 0.25) is 0 Å². The lowest BCUT2D eigenvalue weighted by Gasteiger charge is -2.22. The number of benzene rings is 2. The quantitative estimate of drug-likeness (QED) is 0.667. The maximum Gasteiger partial charge on any atom is 0.291 e. The summed E-state index contributed by atoms with van der Waals surface area (Å²) < 4.78 is 5.14. The number of nitrogens with one attached hydrogen (secondary N) is 2. The van der Waals surface area contributed by atoms with Crippen molar-refractivity contribution in [2.45, 2.75) is 19.4 Å². The smallest absolute Gasteiger partial charge is 0.291 e. The van der Waals surface area contributed by atoms with Crippen molar-refractivity contribution in [3.05, 3.63) is 83.8 Å². The van der Waals surface area contributed by atoms with Crippen LogP contribution in [0.1, 0.15) is 39.3 Å². The largest absolute Gasteiger partial charge is 0.459 e. The molecule has 2 N–H and O–H groups in total. The minimum absolute atomic E-state index is 0.162. The Morgan fingerprint density at radius 1 is 0.931 bits per heavy atom. The van der Waals surface area contributed by atoms with Crippen LogP contribution in [0.25, 0.3) is 0 Å². The highest BCUT2D eigenvalue weighted by atomic mass is 16.3. The molecule has 0 spiro atoms. The van der Waals surface area contributed by atoms with Gasteiger partial charge in [-0.3, -0.25) is 9.59 Å². The summed E-state index contributed by atoms with van der Waals surface area (Å²) in [6.45, 7) is 2.30. The van der Waals surface area contributed by atoms with Crippen molar-refractivity contribution in [2.24, 2.45) is 0 Å². The van der Waals surface area contributed by atoms with Crippen LogP contribution >= 0.6 is 0 Å². The van der Waals surface area contributed by atoms with E-state index in [9.17, 15) is 9.59 Å². The minimum Gasteiger partial charge on any atom is -0.459 e. The van der Waals surface area contributed by atoms with E-state index >= 15 is 0 Å². The number of anilines is 2. The predicted octanol–water partition coefficient (Wildman–Crippen LogP) is 4.06. The van der Waals surface area contributed by atoms with Crippen LogP contribution in [-0.2, 0) is 6.54 Å². The third-order valence-electron chi connectivity index (χ3n) is 4.99. The van der Waals surface area contributed by atoms with Gasteiger partial charge < -0.3 is 20.0 Å². The zero-order valence-electron chi connectivity index (χ0n) is 16.1. The first-order chi connectivity index (χ1) is 14.2. The van der Waals surface area contributed by atoms with Crippen LogP contribution in [0.4, 0.5) is 11.4 Å². The molecule has 6 heteroatoms. The third-order valence-corrected chi connectivity index (χ3v) is 4.99. The van der Waals surface area contributed by atoms with Crippen molar-refractivity contribution in [3.8, 4) is 0 Å². The Labute approximate surface area is 169 Å². The van der Waals surface area contributed by atoms with Crippen LogP contribution in [0.5, 0.6) is 0 Å². The molecule has 0 atom stereocenters. The van der Waals surface area contributed by atoms with Crippen molar-refractivity contribution in [3.63, 3.8) is 0 Å². The fourth-order valence-corrected chi connectivity index (χ4v) is 3.50. The van der Waals surface area contributed by atoms with Gasteiger partial charge in [0.25, 0.3) is 11.8 Å². The molecule has 2 aromatic carbocycles. The van der Waals surface area contributed by atoms with E-state index < -0.39 is 0 Å². The fourth-order valence-electron chi connectivity index (χ4n) is 3.50. The van der Waals surface area contributed by atoms with Crippen molar-refractivity contribution in [1.29, 1.82) is 0 Å². The van der Waals surface area contributed by atoms with Crippen molar-refractivity contribution in [1.82, 2.24) is 5.32 Å². The van der Waals surface area contributed by atoms with Crippen LogP contribution in [0.2, 0.25) is 0 Å². The van der Waals surface area contributed by atoms with E-state index in [2.05, 4.69) is 15.5 Å². The molecule has 2 amide bonds. The predicted molar refractivity (Wildman–Crippen MR) is 112 cm³/mol. The van der Waals surface area contributed by atoms with E-state index in [0.29, 0.717) is 17.8 Å². The Kier molecular flexibility index (Phi) is 5.61. The van der Waals surface area contributed by atoms with Gasteiger partial charge >= 0.3 is 0 Å². The second kappa shape index (κ2) is 8.65. The number of rotatable bonds is 6. The summed E-state index contributed by atoms with van der Waals surface area (Å²) in [5.41, 5.74) is 3.04. The number of nitrogens with zero attached hydrogens (tertiary/aromatic N) is 1. The Hall–Kier alpha value is -3.54.